The zero-order valence-electron chi connectivity index (χ0n) is 14.1. The summed E-state index contributed by atoms with van der Waals surface area (Å²) in [6.07, 6.45) is 0. The third-order valence-electron chi connectivity index (χ3n) is 3.56. The second-order valence-electron chi connectivity index (χ2n) is 5.54. The van der Waals surface area contributed by atoms with Crippen LogP contribution in [0.3, 0.4) is 0 Å². The fraction of sp³-hybridized carbons (Fsp3) is 0.286. The summed E-state index contributed by atoms with van der Waals surface area (Å²) in [4.78, 5) is -4.31. The largest absolute Gasteiger partial charge is 0.379 e. The third kappa shape index (κ3) is 5.45. The van der Waals surface area contributed by atoms with E-state index in [-0.39, 0.29) is 10.8 Å². The van der Waals surface area contributed by atoms with Crippen LogP contribution in [0.2, 0.25) is 0 Å². The Kier molecular flexibility index (Phi) is 6.78. The Morgan fingerprint density at radius 2 is 1.32 bits per heavy atom. The molecular weight excluding hydrogens is 438 g/mol. The van der Waals surface area contributed by atoms with Crippen molar-refractivity contribution in [2.75, 3.05) is 26.3 Å². The topological polar surface area (TPSA) is 184 Å². The van der Waals surface area contributed by atoms with Gasteiger partial charge in [-0.2, -0.15) is 25.3 Å². The number of benzene rings is 2. The van der Waals surface area contributed by atoms with Gasteiger partial charge in [0, 0.05) is 18.5 Å². The molecule has 1 fully saturated rings. The summed E-state index contributed by atoms with van der Waals surface area (Å²) in [7, 11) is -15.8. The first-order valence-corrected chi connectivity index (χ1v) is 11.9. The Hall–Kier alpha value is -1.65. The molecule has 0 aromatic heterocycles. The zero-order valence-corrected chi connectivity index (χ0v) is 16.6. The van der Waals surface area contributed by atoms with Gasteiger partial charge in [-0.25, -0.2) is 0 Å². The molecule has 28 heavy (non-hydrogen) atoms. The molecular formula is C14H17NO10S3. The number of hydrogen-bond donors (Lipinski definition) is 4. The van der Waals surface area contributed by atoms with Crippen molar-refractivity contribution in [1.29, 1.82) is 0 Å². The molecule has 156 valence electrons. The number of hydrogen-bond acceptors (Lipinski definition) is 8. The Morgan fingerprint density at radius 1 is 0.786 bits per heavy atom. The monoisotopic (exact) mass is 455 g/mol. The van der Waals surface area contributed by atoms with Gasteiger partial charge in [-0.1, -0.05) is 24.3 Å². The summed E-state index contributed by atoms with van der Waals surface area (Å²) < 4.78 is 101. The fourth-order valence-corrected chi connectivity index (χ4v) is 5.88. The molecule has 14 heteroatoms. The third-order valence-corrected chi connectivity index (χ3v) is 6.58. The standard InChI is InChI=1S/C10H8O9S3.C4H9NO/c11-20(12,13)8-5-6-3-1-2-4-7(6)9(21(14,15)16)10(8)22(17,18)19;1-3-6-4-2-5-1/h1-5H,(H,11,12,13)(H,14,15,16)(H,17,18,19);5H,1-4H2. The van der Waals surface area contributed by atoms with Gasteiger partial charge in [0.15, 0.2) is 0 Å². The predicted octanol–water partition coefficient (Wildman–Crippen LogP) is 0.186. The number of ether oxygens (including phenoxy) is 1. The van der Waals surface area contributed by atoms with Crippen molar-refractivity contribution >= 4 is 41.1 Å². The van der Waals surface area contributed by atoms with Crippen LogP contribution in [0.25, 0.3) is 10.8 Å². The van der Waals surface area contributed by atoms with Crippen molar-refractivity contribution in [3.8, 4) is 0 Å². The van der Waals surface area contributed by atoms with E-state index in [1.807, 2.05) is 0 Å². The Balaban J connectivity index is 0.000000397. The number of rotatable bonds is 3. The van der Waals surface area contributed by atoms with Crippen LogP contribution < -0.4 is 5.32 Å². The first-order chi connectivity index (χ1) is 12.8. The highest BCUT2D eigenvalue weighted by Crippen LogP contribution is 2.35. The van der Waals surface area contributed by atoms with Crippen molar-refractivity contribution in [1.82, 2.24) is 5.32 Å². The molecule has 0 amide bonds. The highest BCUT2D eigenvalue weighted by atomic mass is 32.2. The quantitative estimate of drug-likeness (QED) is 0.463. The SMILES string of the molecule is C1COCCN1.O=S(=O)(O)c1cc2ccccc2c(S(=O)(=O)O)c1S(=O)(=O)O. The Bertz CT molecular complexity index is 1170. The maximum atomic E-state index is 11.5. The molecule has 11 nitrogen and oxygen atoms in total. The van der Waals surface area contributed by atoms with E-state index in [0.29, 0.717) is 6.07 Å². The smallest absolute Gasteiger partial charge is 0.297 e. The molecule has 0 unspecified atom stereocenters. The highest BCUT2D eigenvalue weighted by molar-refractivity contribution is 7.90. The van der Waals surface area contributed by atoms with Crippen molar-refractivity contribution in [2.45, 2.75) is 14.7 Å². The van der Waals surface area contributed by atoms with E-state index >= 15 is 0 Å². The second-order valence-corrected chi connectivity index (χ2v) is 9.65. The number of fused-ring (bicyclic) bond motifs is 1. The van der Waals surface area contributed by atoms with Crippen LogP contribution in [0, 0.1) is 0 Å². The normalized spacial score (nSPS) is 15.7. The van der Waals surface area contributed by atoms with Crippen LogP contribution in [-0.4, -0.2) is 65.2 Å². The second kappa shape index (κ2) is 8.38. The molecule has 2 aromatic carbocycles. The van der Waals surface area contributed by atoms with Gasteiger partial charge >= 0.3 is 0 Å². The lowest BCUT2D eigenvalue weighted by molar-refractivity contribution is 0.109. The van der Waals surface area contributed by atoms with Crippen molar-refractivity contribution in [3.05, 3.63) is 30.3 Å². The molecule has 0 radical (unpaired) electrons. The minimum atomic E-state index is -5.40. The van der Waals surface area contributed by atoms with Crippen LogP contribution in [0.5, 0.6) is 0 Å². The van der Waals surface area contributed by atoms with Gasteiger partial charge in [0.05, 0.1) is 13.2 Å². The molecule has 0 atom stereocenters. The number of morpholine rings is 1. The molecule has 1 saturated heterocycles. The predicted molar refractivity (Wildman–Crippen MR) is 97.1 cm³/mol. The van der Waals surface area contributed by atoms with E-state index in [4.69, 9.17) is 13.8 Å². The van der Waals surface area contributed by atoms with Gasteiger partial charge in [-0.05, 0) is 11.5 Å². The average molecular weight is 455 g/mol. The molecule has 1 heterocycles. The van der Waals surface area contributed by atoms with E-state index < -0.39 is 45.0 Å². The highest BCUT2D eigenvalue weighted by Gasteiger charge is 2.34. The van der Waals surface area contributed by atoms with Crippen LogP contribution >= 0.6 is 0 Å². The van der Waals surface area contributed by atoms with Crippen LogP contribution in [0.1, 0.15) is 0 Å². The summed E-state index contributed by atoms with van der Waals surface area (Å²) in [5.41, 5.74) is 0. The Morgan fingerprint density at radius 3 is 1.71 bits per heavy atom. The maximum Gasteiger partial charge on any atom is 0.297 e. The molecule has 0 saturated carbocycles. The van der Waals surface area contributed by atoms with E-state index in [1.54, 1.807) is 0 Å². The van der Waals surface area contributed by atoms with Gasteiger partial charge < -0.3 is 10.1 Å². The van der Waals surface area contributed by atoms with E-state index in [0.717, 1.165) is 32.4 Å². The van der Waals surface area contributed by atoms with Gasteiger partial charge in [0.25, 0.3) is 30.4 Å². The first-order valence-electron chi connectivity index (χ1n) is 7.60. The number of nitrogens with one attached hydrogen (secondary N) is 1. The van der Waals surface area contributed by atoms with Crippen molar-refractivity contribution < 1.29 is 43.6 Å². The van der Waals surface area contributed by atoms with Gasteiger partial charge in [-0.3, -0.25) is 13.7 Å². The summed E-state index contributed by atoms with van der Waals surface area (Å²) in [5, 5.41) is 2.73. The summed E-state index contributed by atoms with van der Waals surface area (Å²) in [6, 6.07) is 5.69. The molecule has 2 aromatic rings. The van der Waals surface area contributed by atoms with Crippen LogP contribution in [-0.2, 0) is 35.1 Å². The molecule has 4 N–H and O–H groups in total. The minimum absolute atomic E-state index is 0.0878. The summed E-state index contributed by atoms with van der Waals surface area (Å²) in [6.45, 7) is 3.83. The van der Waals surface area contributed by atoms with Gasteiger partial charge in [-0.15, -0.1) is 0 Å². The summed E-state index contributed by atoms with van der Waals surface area (Å²) >= 11 is 0. The molecule has 1 aliphatic rings. The van der Waals surface area contributed by atoms with E-state index in [2.05, 4.69) is 5.32 Å². The van der Waals surface area contributed by atoms with Crippen LogP contribution in [0.15, 0.2) is 45.0 Å². The fourth-order valence-electron chi connectivity index (χ4n) is 2.48. The lowest BCUT2D eigenvalue weighted by Crippen LogP contribution is -2.30. The lowest BCUT2D eigenvalue weighted by atomic mass is 10.1. The summed E-state index contributed by atoms with van der Waals surface area (Å²) in [5.74, 6) is 0. The molecule has 0 spiro atoms. The minimum Gasteiger partial charge on any atom is -0.379 e. The molecule has 3 rings (SSSR count). The average Bonchev–Trinajstić information content (AvgIpc) is 2.59. The molecule has 1 aliphatic heterocycles. The van der Waals surface area contributed by atoms with Gasteiger partial charge in [0.1, 0.15) is 14.7 Å². The Labute approximate surface area is 161 Å². The first kappa shape index (κ1) is 22.6. The maximum absolute atomic E-state index is 11.5. The van der Waals surface area contributed by atoms with E-state index in [9.17, 15) is 29.8 Å². The van der Waals surface area contributed by atoms with Crippen molar-refractivity contribution in [3.63, 3.8) is 0 Å². The zero-order chi connectivity index (χ0) is 21.2. The van der Waals surface area contributed by atoms with Crippen LogP contribution in [0.4, 0.5) is 0 Å². The van der Waals surface area contributed by atoms with Gasteiger partial charge in [0.2, 0.25) is 0 Å². The lowest BCUT2D eigenvalue weighted by Gasteiger charge is -2.12. The van der Waals surface area contributed by atoms with E-state index in [1.165, 1.54) is 18.2 Å². The molecule has 0 bridgehead atoms. The molecule has 0 aliphatic carbocycles. The van der Waals surface area contributed by atoms with Crippen molar-refractivity contribution in [2.24, 2.45) is 0 Å².